The summed E-state index contributed by atoms with van der Waals surface area (Å²) in [6.07, 6.45) is 0. The van der Waals surface area contributed by atoms with E-state index in [1.165, 1.54) is 0 Å². The Kier molecular flexibility index (Phi) is 2.98. The quantitative estimate of drug-likeness (QED) is 0.323. The second-order valence-electron chi connectivity index (χ2n) is 4.28. The lowest BCUT2D eigenvalue weighted by Gasteiger charge is -2.33. The normalized spacial score (nSPS) is 13.0. The monoisotopic (exact) mass is 240 g/mol. The smallest absolute Gasteiger partial charge is 0.266 e. The van der Waals surface area contributed by atoms with Gasteiger partial charge in [0.05, 0.1) is 21.1 Å². The van der Waals surface area contributed by atoms with Crippen molar-refractivity contribution in [1.82, 2.24) is 0 Å². The van der Waals surface area contributed by atoms with Gasteiger partial charge in [-0.15, -0.1) is 8.78 Å². The van der Waals surface area contributed by atoms with Crippen molar-refractivity contribution in [3.8, 4) is 0 Å². The summed E-state index contributed by atoms with van der Waals surface area (Å²) in [5, 5.41) is 0. The minimum Gasteiger partial charge on any atom is -0.266 e. The van der Waals surface area contributed by atoms with Crippen LogP contribution < -0.4 is 0 Å². The Hall–Kier alpha value is -1.17. The van der Waals surface area contributed by atoms with Crippen LogP contribution in [-0.2, 0) is 6.05 Å². The van der Waals surface area contributed by atoms with E-state index >= 15 is 0 Å². The van der Waals surface area contributed by atoms with Gasteiger partial charge >= 0.3 is 6.05 Å². The van der Waals surface area contributed by atoms with E-state index in [2.05, 4.69) is 0 Å². The SMILES string of the molecule is C[N+](C)(C)C(F)(F)c1ccc(F)c(F)c1F. The summed E-state index contributed by atoms with van der Waals surface area (Å²) in [5.41, 5.74) is -1.15. The first kappa shape index (κ1) is 12.9. The van der Waals surface area contributed by atoms with Crippen molar-refractivity contribution in [3.63, 3.8) is 0 Å². The maximum atomic E-state index is 13.7. The largest absolute Gasteiger partial charge is 0.420 e. The van der Waals surface area contributed by atoms with Crippen LogP contribution in [0.5, 0.6) is 0 Å². The van der Waals surface area contributed by atoms with Crippen LogP contribution in [0.1, 0.15) is 5.56 Å². The van der Waals surface area contributed by atoms with Crippen molar-refractivity contribution in [3.05, 3.63) is 35.1 Å². The molecule has 0 unspecified atom stereocenters. The summed E-state index contributed by atoms with van der Waals surface area (Å²) < 4.78 is 65.0. The summed E-state index contributed by atoms with van der Waals surface area (Å²) in [6.45, 7) is 0. The highest BCUT2D eigenvalue weighted by atomic mass is 19.3. The maximum Gasteiger partial charge on any atom is 0.420 e. The predicted molar refractivity (Wildman–Crippen MR) is 48.2 cm³/mol. The van der Waals surface area contributed by atoms with Crippen LogP contribution in [0.4, 0.5) is 22.0 Å². The molecule has 0 atom stereocenters. The van der Waals surface area contributed by atoms with Gasteiger partial charge in [0.2, 0.25) is 0 Å². The molecule has 0 aliphatic rings. The lowest BCUT2D eigenvalue weighted by Crippen LogP contribution is -2.49. The minimum absolute atomic E-state index is 0.483. The number of benzene rings is 1. The first-order valence-corrected chi connectivity index (χ1v) is 4.42. The zero-order chi connectivity index (χ0) is 12.7. The number of hydrogen-bond donors (Lipinski definition) is 0. The van der Waals surface area contributed by atoms with E-state index in [1.807, 2.05) is 0 Å². The Labute approximate surface area is 89.7 Å². The Bertz CT molecular complexity index is 408. The van der Waals surface area contributed by atoms with Gasteiger partial charge in [-0.1, -0.05) is 0 Å². The number of hydrogen-bond acceptors (Lipinski definition) is 0. The lowest BCUT2D eigenvalue weighted by atomic mass is 10.1. The molecule has 0 spiro atoms. The van der Waals surface area contributed by atoms with Gasteiger partial charge in [0.25, 0.3) is 0 Å². The Balaban J connectivity index is 3.41. The topological polar surface area (TPSA) is 0 Å². The first-order chi connectivity index (χ1) is 7.09. The fourth-order valence-corrected chi connectivity index (χ4v) is 1.12. The lowest BCUT2D eigenvalue weighted by molar-refractivity contribution is -0.971. The zero-order valence-electron chi connectivity index (χ0n) is 8.99. The zero-order valence-corrected chi connectivity index (χ0v) is 8.99. The molecular formula is C10H11F5N+. The Morgan fingerprint density at radius 1 is 0.938 bits per heavy atom. The Morgan fingerprint density at radius 2 is 1.44 bits per heavy atom. The van der Waals surface area contributed by atoms with Crippen molar-refractivity contribution < 1.29 is 26.4 Å². The van der Waals surface area contributed by atoms with E-state index in [9.17, 15) is 22.0 Å². The molecule has 90 valence electrons. The van der Waals surface area contributed by atoms with Crippen LogP contribution in [0, 0.1) is 17.5 Å². The molecule has 0 radical (unpaired) electrons. The fraction of sp³-hybridized carbons (Fsp3) is 0.400. The summed E-state index contributed by atoms with van der Waals surface area (Å²) in [4.78, 5) is 0. The molecule has 0 N–H and O–H groups in total. The van der Waals surface area contributed by atoms with Crippen molar-refractivity contribution in [1.29, 1.82) is 0 Å². The number of alkyl halides is 2. The molecule has 0 saturated carbocycles. The predicted octanol–water partition coefficient (Wildman–Crippen LogP) is 2.86. The Morgan fingerprint density at radius 3 is 1.88 bits per heavy atom. The van der Waals surface area contributed by atoms with Gasteiger partial charge in [0.1, 0.15) is 5.56 Å². The van der Waals surface area contributed by atoms with Crippen molar-refractivity contribution >= 4 is 0 Å². The van der Waals surface area contributed by atoms with Gasteiger partial charge in [-0.3, -0.25) is 4.48 Å². The molecule has 1 rings (SSSR count). The molecule has 0 aliphatic heterocycles. The van der Waals surface area contributed by atoms with E-state index in [-0.39, 0.29) is 0 Å². The number of halogens is 5. The molecule has 0 bridgehead atoms. The second-order valence-corrected chi connectivity index (χ2v) is 4.28. The van der Waals surface area contributed by atoms with E-state index in [0.717, 1.165) is 21.1 Å². The molecule has 16 heavy (non-hydrogen) atoms. The molecule has 1 aromatic carbocycles. The van der Waals surface area contributed by atoms with Gasteiger partial charge in [0.15, 0.2) is 17.5 Å². The molecule has 0 fully saturated rings. The van der Waals surface area contributed by atoms with Crippen LogP contribution in [0.3, 0.4) is 0 Å². The fourth-order valence-electron chi connectivity index (χ4n) is 1.12. The summed E-state index contributed by atoms with van der Waals surface area (Å²) in [6, 6.07) is -2.60. The molecule has 6 heteroatoms. The van der Waals surface area contributed by atoms with Crippen LogP contribution in [0.2, 0.25) is 0 Å². The average molecular weight is 240 g/mol. The van der Waals surface area contributed by atoms with Gasteiger partial charge in [-0.25, -0.2) is 13.2 Å². The molecule has 0 saturated heterocycles. The third-order valence-electron chi connectivity index (χ3n) is 2.20. The second kappa shape index (κ2) is 3.69. The number of rotatable bonds is 2. The van der Waals surface area contributed by atoms with Crippen LogP contribution >= 0.6 is 0 Å². The van der Waals surface area contributed by atoms with Gasteiger partial charge in [-0.05, 0) is 12.1 Å². The van der Waals surface area contributed by atoms with Crippen molar-refractivity contribution in [2.75, 3.05) is 21.1 Å². The first-order valence-electron chi connectivity index (χ1n) is 4.42. The maximum absolute atomic E-state index is 13.7. The number of quaternary nitrogens is 1. The minimum atomic E-state index is -3.64. The van der Waals surface area contributed by atoms with Crippen LogP contribution in [-0.4, -0.2) is 25.6 Å². The highest BCUT2D eigenvalue weighted by Gasteiger charge is 2.49. The van der Waals surface area contributed by atoms with E-state index < -0.39 is 33.5 Å². The van der Waals surface area contributed by atoms with Gasteiger partial charge < -0.3 is 0 Å². The third kappa shape index (κ3) is 1.89. The molecule has 1 aromatic rings. The summed E-state index contributed by atoms with van der Waals surface area (Å²) in [7, 11) is 3.38. The molecule has 0 aliphatic carbocycles. The van der Waals surface area contributed by atoms with Crippen molar-refractivity contribution in [2.45, 2.75) is 6.05 Å². The molecule has 0 heterocycles. The van der Waals surface area contributed by atoms with E-state index in [1.54, 1.807) is 0 Å². The van der Waals surface area contributed by atoms with E-state index in [4.69, 9.17) is 0 Å². The molecular weight excluding hydrogens is 229 g/mol. The summed E-state index contributed by atoms with van der Waals surface area (Å²) in [5.74, 6) is -5.22. The highest BCUT2D eigenvalue weighted by molar-refractivity contribution is 5.23. The standard InChI is InChI=1S/C10H11F5N/c1-16(2,3)10(14,15)6-4-5-7(11)9(13)8(6)12/h4-5H,1-3H3/q+1. The van der Waals surface area contributed by atoms with Crippen LogP contribution in [0.15, 0.2) is 12.1 Å². The summed E-state index contributed by atoms with van der Waals surface area (Å²) >= 11 is 0. The molecule has 0 amide bonds. The van der Waals surface area contributed by atoms with Crippen LogP contribution in [0.25, 0.3) is 0 Å². The van der Waals surface area contributed by atoms with Gasteiger partial charge in [-0.2, -0.15) is 0 Å². The van der Waals surface area contributed by atoms with Crippen molar-refractivity contribution in [2.24, 2.45) is 0 Å². The van der Waals surface area contributed by atoms with E-state index in [0.29, 0.717) is 12.1 Å². The number of nitrogens with zero attached hydrogens (tertiary/aromatic N) is 1. The molecule has 1 nitrogen and oxygen atoms in total. The molecule has 0 aromatic heterocycles. The third-order valence-corrected chi connectivity index (χ3v) is 2.20. The average Bonchev–Trinajstić information content (AvgIpc) is 2.12. The van der Waals surface area contributed by atoms with Gasteiger partial charge in [0, 0.05) is 0 Å². The highest BCUT2D eigenvalue weighted by Crippen LogP contribution is 2.36.